The van der Waals surface area contributed by atoms with E-state index in [0.717, 1.165) is 18.8 Å². The molecule has 3 nitrogen and oxygen atoms in total. The first-order valence-electron chi connectivity index (χ1n) is 6.46. The van der Waals surface area contributed by atoms with Crippen molar-refractivity contribution in [3.8, 4) is 0 Å². The molecule has 2 rings (SSSR count). The first-order valence-corrected chi connectivity index (χ1v) is 6.46. The van der Waals surface area contributed by atoms with Gasteiger partial charge in [-0.2, -0.15) is 13.2 Å². The number of aryl methyl sites for hydroxylation is 1. The fourth-order valence-corrected chi connectivity index (χ4v) is 2.67. The van der Waals surface area contributed by atoms with Gasteiger partial charge in [-0.05, 0) is 32.1 Å². The van der Waals surface area contributed by atoms with Crippen LogP contribution in [0, 0.1) is 5.92 Å². The minimum absolute atomic E-state index is 0.137. The van der Waals surface area contributed by atoms with Gasteiger partial charge in [0.25, 0.3) is 0 Å². The van der Waals surface area contributed by atoms with Gasteiger partial charge >= 0.3 is 6.18 Å². The van der Waals surface area contributed by atoms with Crippen LogP contribution in [0.25, 0.3) is 0 Å². The predicted octanol–water partition coefficient (Wildman–Crippen LogP) is 3.52. The van der Waals surface area contributed by atoms with Gasteiger partial charge in [0.2, 0.25) is 0 Å². The Labute approximate surface area is 104 Å². The van der Waals surface area contributed by atoms with Gasteiger partial charge in [0.1, 0.15) is 12.2 Å². The molecule has 1 saturated carbocycles. The zero-order chi connectivity index (χ0) is 13.2. The first-order chi connectivity index (χ1) is 8.52. The van der Waals surface area contributed by atoms with Gasteiger partial charge in [0.15, 0.2) is 0 Å². The molecule has 0 aliphatic heterocycles. The van der Waals surface area contributed by atoms with E-state index in [0.29, 0.717) is 12.8 Å². The lowest BCUT2D eigenvalue weighted by Crippen LogP contribution is -2.28. The molecule has 1 aromatic rings. The van der Waals surface area contributed by atoms with Crippen LogP contribution < -0.4 is 0 Å². The Balaban J connectivity index is 1.99. The summed E-state index contributed by atoms with van der Waals surface area (Å²) in [5.74, 6) is -0.133. The highest BCUT2D eigenvalue weighted by Crippen LogP contribution is 2.42. The second-order valence-corrected chi connectivity index (χ2v) is 4.97. The monoisotopic (exact) mass is 261 g/mol. The molecule has 0 radical (unpaired) electrons. The van der Waals surface area contributed by atoms with Gasteiger partial charge in [-0.1, -0.05) is 6.92 Å². The summed E-state index contributed by atoms with van der Waals surface area (Å²) in [5, 5.41) is 7.95. The molecule has 0 unspecified atom stereocenters. The summed E-state index contributed by atoms with van der Waals surface area (Å²) in [6.45, 7) is 2.89. The van der Waals surface area contributed by atoms with Crippen LogP contribution in [0.4, 0.5) is 13.2 Å². The van der Waals surface area contributed by atoms with Gasteiger partial charge in [-0.15, -0.1) is 10.2 Å². The maximum Gasteiger partial charge on any atom is 0.391 e. The van der Waals surface area contributed by atoms with Gasteiger partial charge in [0, 0.05) is 12.5 Å². The van der Waals surface area contributed by atoms with E-state index in [1.165, 1.54) is 0 Å². The minimum atomic E-state index is -4.04. The van der Waals surface area contributed by atoms with Crippen LogP contribution in [0.15, 0.2) is 6.33 Å². The molecule has 18 heavy (non-hydrogen) atoms. The topological polar surface area (TPSA) is 30.7 Å². The number of halogens is 3. The lowest BCUT2D eigenvalue weighted by atomic mass is 9.81. The van der Waals surface area contributed by atoms with Crippen molar-refractivity contribution in [3.05, 3.63) is 12.2 Å². The zero-order valence-electron chi connectivity index (χ0n) is 10.5. The van der Waals surface area contributed by atoms with Crippen LogP contribution in [0.1, 0.15) is 50.8 Å². The van der Waals surface area contributed by atoms with Crippen molar-refractivity contribution in [3.63, 3.8) is 0 Å². The van der Waals surface area contributed by atoms with Crippen molar-refractivity contribution in [1.82, 2.24) is 14.8 Å². The Kier molecular flexibility index (Phi) is 3.92. The van der Waals surface area contributed by atoms with Crippen LogP contribution in [0.3, 0.4) is 0 Å². The lowest BCUT2D eigenvalue weighted by Gasteiger charge is -2.29. The normalized spacial score (nSPS) is 25.3. The molecule has 0 bridgehead atoms. The van der Waals surface area contributed by atoms with E-state index >= 15 is 0 Å². The summed E-state index contributed by atoms with van der Waals surface area (Å²) >= 11 is 0. The summed E-state index contributed by atoms with van der Waals surface area (Å²) in [5.41, 5.74) is 0. The molecule has 6 heteroatoms. The molecule has 0 saturated heterocycles. The zero-order valence-corrected chi connectivity index (χ0v) is 10.5. The lowest BCUT2D eigenvalue weighted by molar-refractivity contribution is -0.182. The Morgan fingerprint density at radius 1 is 1.28 bits per heavy atom. The smallest absolute Gasteiger partial charge is 0.317 e. The second kappa shape index (κ2) is 5.28. The number of rotatable bonds is 3. The maximum absolute atomic E-state index is 12.6. The molecule has 1 heterocycles. The predicted molar refractivity (Wildman–Crippen MR) is 61.1 cm³/mol. The summed E-state index contributed by atoms with van der Waals surface area (Å²) in [4.78, 5) is 0. The van der Waals surface area contributed by atoms with Crippen molar-refractivity contribution in [1.29, 1.82) is 0 Å². The van der Waals surface area contributed by atoms with Crippen LogP contribution in [0.5, 0.6) is 0 Å². The fourth-order valence-electron chi connectivity index (χ4n) is 2.67. The molecule has 0 aromatic carbocycles. The molecule has 1 aromatic heterocycles. The highest BCUT2D eigenvalue weighted by molar-refractivity contribution is 4.99. The Hall–Kier alpha value is -1.07. The minimum Gasteiger partial charge on any atom is -0.317 e. The number of nitrogens with zero attached hydrogens (tertiary/aromatic N) is 3. The Bertz CT molecular complexity index is 378. The SMILES string of the molecule is CCCn1cnnc1C1CCC(C(F)(F)F)CC1. The molecule has 0 amide bonds. The fraction of sp³-hybridized carbons (Fsp3) is 0.833. The van der Waals surface area contributed by atoms with Gasteiger partial charge in [-0.25, -0.2) is 0 Å². The van der Waals surface area contributed by atoms with E-state index in [4.69, 9.17) is 0 Å². The molecule has 0 N–H and O–H groups in total. The average Bonchev–Trinajstić information content (AvgIpc) is 2.77. The quantitative estimate of drug-likeness (QED) is 0.833. The number of hydrogen-bond acceptors (Lipinski definition) is 2. The second-order valence-electron chi connectivity index (χ2n) is 4.97. The van der Waals surface area contributed by atoms with E-state index in [-0.39, 0.29) is 18.8 Å². The largest absolute Gasteiger partial charge is 0.391 e. The van der Waals surface area contributed by atoms with Gasteiger partial charge in [0.05, 0.1) is 5.92 Å². The third-order valence-corrected chi connectivity index (χ3v) is 3.67. The number of hydrogen-bond donors (Lipinski definition) is 0. The highest BCUT2D eigenvalue weighted by atomic mass is 19.4. The van der Waals surface area contributed by atoms with Crippen molar-refractivity contribution < 1.29 is 13.2 Å². The molecular formula is C12H18F3N3. The Morgan fingerprint density at radius 3 is 2.50 bits per heavy atom. The number of alkyl halides is 3. The van der Waals surface area contributed by atoms with Crippen LogP contribution >= 0.6 is 0 Å². The van der Waals surface area contributed by atoms with E-state index in [1.54, 1.807) is 6.33 Å². The standard InChI is InChI=1S/C12H18F3N3/c1-2-7-18-8-16-17-11(18)9-3-5-10(6-4-9)12(13,14)15/h8-10H,2-7H2,1H3. The summed E-state index contributed by atoms with van der Waals surface area (Å²) in [7, 11) is 0. The van der Waals surface area contributed by atoms with Gasteiger partial charge < -0.3 is 4.57 Å². The van der Waals surface area contributed by atoms with Crippen molar-refractivity contribution in [2.75, 3.05) is 0 Å². The maximum atomic E-state index is 12.6. The molecule has 0 spiro atoms. The van der Waals surface area contributed by atoms with Crippen molar-refractivity contribution in [2.24, 2.45) is 5.92 Å². The summed E-state index contributed by atoms with van der Waals surface area (Å²) < 4.78 is 39.7. The third-order valence-electron chi connectivity index (χ3n) is 3.67. The third kappa shape index (κ3) is 2.84. The van der Waals surface area contributed by atoms with E-state index in [1.807, 2.05) is 4.57 Å². The highest BCUT2D eigenvalue weighted by Gasteiger charge is 2.42. The number of aromatic nitrogens is 3. The van der Waals surface area contributed by atoms with Crippen LogP contribution in [-0.2, 0) is 6.54 Å². The molecule has 1 aliphatic rings. The molecule has 1 fully saturated rings. The van der Waals surface area contributed by atoms with Crippen molar-refractivity contribution in [2.45, 2.75) is 57.7 Å². The summed E-state index contributed by atoms with van der Waals surface area (Å²) in [6.07, 6.45) is 0.166. The average molecular weight is 261 g/mol. The van der Waals surface area contributed by atoms with Gasteiger partial charge in [-0.3, -0.25) is 0 Å². The van der Waals surface area contributed by atoms with E-state index in [2.05, 4.69) is 17.1 Å². The van der Waals surface area contributed by atoms with E-state index < -0.39 is 12.1 Å². The van der Waals surface area contributed by atoms with Crippen LogP contribution in [-0.4, -0.2) is 20.9 Å². The summed E-state index contributed by atoms with van der Waals surface area (Å²) in [6, 6.07) is 0. The van der Waals surface area contributed by atoms with E-state index in [9.17, 15) is 13.2 Å². The first kappa shape index (κ1) is 13.4. The molecule has 102 valence electrons. The Morgan fingerprint density at radius 2 is 1.94 bits per heavy atom. The van der Waals surface area contributed by atoms with Crippen LogP contribution in [0.2, 0.25) is 0 Å². The van der Waals surface area contributed by atoms with Crippen molar-refractivity contribution >= 4 is 0 Å². The molecule has 1 aliphatic carbocycles. The molecule has 0 atom stereocenters. The molecular weight excluding hydrogens is 243 g/mol.